The second-order valence-electron chi connectivity index (χ2n) is 8.26. The fraction of sp³-hybridized carbons (Fsp3) is 0.500. The molecule has 2 N–H and O–H groups in total. The number of thioether (sulfide) groups is 1. The molecule has 4 rings (SSSR count). The number of tetrazole rings is 1. The van der Waals surface area contributed by atoms with Crippen LogP contribution in [0.15, 0.2) is 34.2 Å². The van der Waals surface area contributed by atoms with Gasteiger partial charge in [0.1, 0.15) is 0 Å². The maximum absolute atomic E-state index is 12.9. The van der Waals surface area contributed by atoms with E-state index in [0.717, 1.165) is 44.9 Å². The van der Waals surface area contributed by atoms with E-state index in [1.54, 1.807) is 28.9 Å². The summed E-state index contributed by atoms with van der Waals surface area (Å²) in [6.07, 6.45) is 7.11. The lowest BCUT2D eigenvalue weighted by Gasteiger charge is -2.12. The van der Waals surface area contributed by atoms with Gasteiger partial charge in [-0.3, -0.25) is 25.2 Å². The van der Waals surface area contributed by atoms with E-state index in [0.29, 0.717) is 22.5 Å². The zero-order valence-corrected chi connectivity index (χ0v) is 19.9. The lowest BCUT2D eigenvalue weighted by molar-refractivity contribution is -0.119. The summed E-state index contributed by atoms with van der Waals surface area (Å²) in [6, 6.07) is 7.12. The van der Waals surface area contributed by atoms with Crippen molar-refractivity contribution < 1.29 is 9.59 Å². The molecule has 0 radical (unpaired) electrons. The van der Waals surface area contributed by atoms with Crippen LogP contribution in [0.2, 0.25) is 0 Å². The lowest BCUT2D eigenvalue weighted by Crippen LogP contribution is -2.43. The summed E-state index contributed by atoms with van der Waals surface area (Å²) in [6.45, 7) is 2.50. The second-order valence-corrected chi connectivity index (χ2v) is 9.21. The highest BCUT2D eigenvalue weighted by atomic mass is 32.2. The minimum absolute atomic E-state index is 0.0397. The molecule has 0 aliphatic heterocycles. The van der Waals surface area contributed by atoms with Crippen molar-refractivity contribution in [2.75, 3.05) is 5.75 Å². The Balaban J connectivity index is 1.40. The molecule has 1 aliphatic rings. The van der Waals surface area contributed by atoms with E-state index in [1.807, 2.05) is 0 Å². The molecule has 2 amide bonds. The Morgan fingerprint density at radius 3 is 2.65 bits per heavy atom. The molecule has 0 unspecified atom stereocenters. The van der Waals surface area contributed by atoms with E-state index in [2.05, 4.69) is 38.4 Å². The Kier molecular flexibility index (Phi) is 7.88. The van der Waals surface area contributed by atoms with Gasteiger partial charge >= 0.3 is 0 Å². The number of rotatable bonds is 9. The largest absolute Gasteiger partial charge is 0.290 e. The van der Waals surface area contributed by atoms with Crippen LogP contribution in [-0.4, -0.2) is 47.6 Å². The van der Waals surface area contributed by atoms with Crippen LogP contribution in [0.1, 0.15) is 68.4 Å². The molecule has 1 saturated carbocycles. The van der Waals surface area contributed by atoms with Gasteiger partial charge in [-0.05, 0) is 35.8 Å². The van der Waals surface area contributed by atoms with Gasteiger partial charge in [0, 0.05) is 11.9 Å². The molecule has 0 spiro atoms. The summed E-state index contributed by atoms with van der Waals surface area (Å²) in [7, 11) is 0. The third kappa shape index (κ3) is 5.44. The minimum atomic E-state index is -0.588. The first-order chi connectivity index (χ1) is 16.6. The number of aryl methyl sites for hydroxylation is 1. The molecule has 34 heavy (non-hydrogen) atoms. The SMILES string of the molecule is CCCCCn1nc(C(=O)NNC(=O)CSc2nnnn2C2CCCC2)c2ccccc2c1=O. The quantitative estimate of drug-likeness (QED) is 0.268. The summed E-state index contributed by atoms with van der Waals surface area (Å²) in [5.74, 6) is -0.951. The standard InChI is InChI=1S/C22H28N8O3S/c1-2-3-8-13-29-21(33)17-12-7-6-11-16(17)19(26-29)20(32)24-23-18(31)14-34-22-25-27-28-30(22)15-9-4-5-10-15/h6-7,11-12,15H,2-5,8-10,13-14H2,1H3,(H,23,31)(H,24,32). The van der Waals surface area contributed by atoms with Crippen LogP contribution >= 0.6 is 11.8 Å². The van der Waals surface area contributed by atoms with Crippen molar-refractivity contribution in [3.63, 3.8) is 0 Å². The monoisotopic (exact) mass is 484 g/mol. The second kappa shape index (κ2) is 11.2. The van der Waals surface area contributed by atoms with E-state index >= 15 is 0 Å². The average Bonchev–Trinajstić information content (AvgIpc) is 3.54. The Hall–Kier alpha value is -3.28. The number of unbranched alkanes of at least 4 members (excludes halogenated alkanes) is 2. The molecule has 180 valence electrons. The van der Waals surface area contributed by atoms with Gasteiger partial charge in [-0.25, -0.2) is 9.36 Å². The van der Waals surface area contributed by atoms with E-state index < -0.39 is 11.8 Å². The number of aromatic nitrogens is 6. The Morgan fingerprint density at radius 1 is 1.12 bits per heavy atom. The molecule has 0 saturated heterocycles. The molecule has 12 heteroatoms. The number of carbonyl (C=O) groups is 2. The lowest BCUT2D eigenvalue weighted by atomic mass is 10.1. The number of carbonyl (C=O) groups excluding carboxylic acids is 2. The molecule has 0 atom stereocenters. The molecule has 3 aromatic rings. The maximum Gasteiger partial charge on any atom is 0.290 e. The number of benzene rings is 1. The van der Waals surface area contributed by atoms with Crippen molar-refractivity contribution in [1.82, 2.24) is 40.8 Å². The Labute approximate surface area is 200 Å². The highest BCUT2D eigenvalue weighted by Gasteiger charge is 2.22. The van der Waals surface area contributed by atoms with Crippen LogP contribution in [0.3, 0.4) is 0 Å². The Bertz CT molecular complexity index is 1220. The van der Waals surface area contributed by atoms with Gasteiger partial charge in [-0.2, -0.15) is 5.10 Å². The molecule has 1 fully saturated rings. The molecular weight excluding hydrogens is 456 g/mol. The predicted octanol–water partition coefficient (Wildman–Crippen LogP) is 2.24. The highest BCUT2D eigenvalue weighted by molar-refractivity contribution is 7.99. The highest BCUT2D eigenvalue weighted by Crippen LogP contribution is 2.31. The molecule has 0 bridgehead atoms. The average molecular weight is 485 g/mol. The molecule has 2 heterocycles. The number of hydrogen-bond acceptors (Lipinski definition) is 8. The number of amides is 2. The number of fused-ring (bicyclic) bond motifs is 1. The van der Waals surface area contributed by atoms with Crippen LogP contribution in [0.25, 0.3) is 10.8 Å². The van der Waals surface area contributed by atoms with Gasteiger partial charge in [0.05, 0.1) is 17.2 Å². The van der Waals surface area contributed by atoms with Gasteiger partial charge in [-0.15, -0.1) is 5.10 Å². The van der Waals surface area contributed by atoms with Gasteiger partial charge < -0.3 is 0 Å². The molecular formula is C22H28N8O3S. The van der Waals surface area contributed by atoms with Crippen molar-refractivity contribution in [2.45, 2.75) is 69.6 Å². The summed E-state index contributed by atoms with van der Waals surface area (Å²) in [5.41, 5.74) is 4.69. The van der Waals surface area contributed by atoms with Crippen molar-refractivity contribution in [1.29, 1.82) is 0 Å². The van der Waals surface area contributed by atoms with Crippen LogP contribution in [0.5, 0.6) is 0 Å². The van der Waals surface area contributed by atoms with Gasteiger partial charge in [0.2, 0.25) is 11.1 Å². The summed E-state index contributed by atoms with van der Waals surface area (Å²) in [4.78, 5) is 38.0. The number of nitrogens with zero attached hydrogens (tertiary/aromatic N) is 6. The summed E-state index contributed by atoms with van der Waals surface area (Å²) >= 11 is 1.22. The number of hydrazine groups is 1. The van der Waals surface area contributed by atoms with Crippen molar-refractivity contribution in [3.8, 4) is 0 Å². The first-order valence-electron chi connectivity index (χ1n) is 11.6. The first-order valence-corrected chi connectivity index (χ1v) is 12.6. The van der Waals surface area contributed by atoms with E-state index in [4.69, 9.17) is 0 Å². The number of nitrogens with one attached hydrogen (secondary N) is 2. The first kappa shape index (κ1) is 23.9. The number of hydrogen-bond donors (Lipinski definition) is 2. The van der Waals surface area contributed by atoms with Crippen LogP contribution in [0, 0.1) is 0 Å². The summed E-state index contributed by atoms with van der Waals surface area (Å²) in [5, 5.41) is 17.5. The topological polar surface area (TPSA) is 137 Å². The van der Waals surface area contributed by atoms with Crippen LogP contribution in [0.4, 0.5) is 0 Å². The maximum atomic E-state index is 12.9. The predicted molar refractivity (Wildman–Crippen MR) is 127 cm³/mol. The van der Waals surface area contributed by atoms with E-state index in [9.17, 15) is 14.4 Å². The zero-order chi connectivity index (χ0) is 23.9. The Morgan fingerprint density at radius 2 is 1.88 bits per heavy atom. The fourth-order valence-corrected chi connectivity index (χ4v) is 4.82. The third-order valence-electron chi connectivity index (χ3n) is 5.84. The normalized spacial score (nSPS) is 13.9. The van der Waals surface area contributed by atoms with E-state index in [1.165, 1.54) is 16.4 Å². The van der Waals surface area contributed by atoms with Crippen LogP contribution < -0.4 is 16.4 Å². The van der Waals surface area contributed by atoms with Gasteiger partial charge in [0.25, 0.3) is 11.5 Å². The van der Waals surface area contributed by atoms with Gasteiger partial charge in [0.15, 0.2) is 5.69 Å². The third-order valence-corrected chi connectivity index (χ3v) is 6.77. The minimum Gasteiger partial charge on any atom is -0.272 e. The molecule has 1 aliphatic carbocycles. The fourth-order valence-electron chi connectivity index (χ4n) is 4.08. The van der Waals surface area contributed by atoms with Crippen molar-refractivity contribution in [2.24, 2.45) is 0 Å². The smallest absolute Gasteiger partial charge is 0.272 e. The molecule has 1 aromatic carbocycles. The van der Waals surface area contributed by atoms with Gasteiger partial charge in [-0.1, -0.05) is 62.6 Å². The molecule has 2 aromatic heterocycles. The molecule has 11 nitrogen and oxygen atoms in total. The van der Waals surface area contributed by atoms with Crippen molar-refractivity contribution >= 4 is 34.3 Å². The summed E-state index contributed by atoms with van der Waals surface area (Å²) < 4.78 is 3.11. The zero-order valence-electron chi connectivity index (χ0n) is 19.1. The van der Waals surface area contributed by atoms with Crippen LogP contribution in [-0.2, 0) is 11.3 Å². The van der Waals surface area contributed by atoms with E-state index in [-0.39, 0.29) is 23.0 Å². The van der Waals surface area contributed by atoms with Crippen molar-refractivity contribution in [3.05, 3.63) is 40.3 Å².